The van der Waals surface area contributed by atoms with E-state index in [9.17, 15) is 4.79 Å². The SMILES string of the molecule is COCC1(N(C(=O)Cc2ccccc2)c2ccccc2C)CCNCC1. The van der Waals surface area contributed by atoms with Crippen LogP contribution < -0.4 is 10.2 Å². The van der Waals surface area contributed by atoms with Crippen LogP contribution in [0.25, 0.3) is 0 Å². The Hall–Kier alpha value is -2.17. The van der Waals surface area contributed by atoms with Gasteiger partial charge in [0.25, 0.3) is 0 Å². The molecule has 0 unspecified atom stereocenters. The van der Waals surface area contributed by atoms with E-state index in [1.54, 1.807) is 7.11 Å². The van der Waals surface area contributed by atoms with Gasteiger partial charge in [0.2, 0.25) is 5.91 Å². The Balaban J connectivity index is 2.01. The van der Waals surface area contributed by atoms with Crippen molar-refractivity contribution in [3.63, 3.8) is 0 Å². The number of carbonyl (C=O) groups is 1. The average molecular weight is 352 g/mol. The first kappa shape index (κ1) is 18.6. The summed E-state index contributed by atoms with van der Waals surface area (Å²) in [6, 6.07) is 18.1. The molecule has 1 amide bonds. The highest BCUT2D eigenvalue weighted by Crippen LogP contribution is 2.34. The first-order chi connectivity index (χ1) is 12.7. The molecule has 0 aromatic heterocycles. The normalized spacial score (nSPS) is 16.2. The van der Waals surface area contributed by atoms with Crippen LogP contribution in [0.1, 0.15) is 24.0 Å². The van der Waals surface area contributed by atoms with Gasteiger partial charge in [-0.3, -0.25) is 4.79 Å². The van der Waals surface area contributed by atoms with Gasteiger partial charge < -0.3 is 15.0 Å². The summed E-state index contributed by atoms with van der Waals surface area (Å²) in [6.45, 7) is 4.40. The van der Waals surface area contributed by atoms with Gasteiger partial charge in [-0.1, -0.05) is 48.5 Å². The smallest absolute Gasteiger partial charge is 0.232 e. The summed E-state index contributed by atoms with van der Waals surface area (Å²) >= 11 is 0. The van der Waals surface area contributed by atoms with Gasteiger partial charge >= 0.3 is 0 Å². The number of carbonyl (C=O) groups excluding carboxylic acids is 1. The summed E-state index contributed by atoms with van der Waals surface area (Å²) < 4.78 is 5.61. The summed E-state index contributed by atoms with van der Waals surface area (Å²) in [6.07, 6.45) is 2.17. The maximum atomic E-state index is 13.5. The molecule has 1 aliphatic rings. The Kier molecular flexibility index (Phi) is 6.07. The number of methoxy groups -OCH3 is 1. The second-order valence-corrected chi connectivity index (χ2v) is 7.09. The van der Waals surface area contributed by atoms with E-state index in [4.69, 9.17) is 4.74 Å². The Morgan fingerprint density at radius 3 is 2.38 bits per heavy atom. The molecule has 2 aromatic carbocycles. The average Bonchev–Trinajstić information content (AvgIpc) is 2.65. The van der Waals surface area contributed by atoms with Crippen molar-refractivity contribution in [2.24, 2.45) is 0 Å². The van der Waals surface area contributed by atoms with Crippen molar-refractivity contribution in [1.29, 1.82) is 0 Å². The monoisotopic (exact) mass is 352 g/mol. The van der Waals surface area contributed by atoms with E-state index in [0.29, 0.717) is 13.0 Å². The van der Waals surface area contributed by atoms with Gasteiger partial charge in [0.05, 0.1) is 18.6 Å². The lowest BCUT2D eigenvalue weighted by molar-refractivity contribution is -0.120. The van der Waals surface area contributed by atoms with E-state index in [1.165, 1.54) is 0 Å². The molecule has 0 bridgehead atoms. The predicted octanol–water partition coefficient (Wildman–Crippen LogP) is 3.34. The predicted molar refractivity (Wildman–Crippen MR) is 106 cm³/mol. The van der Waals surface area contributed by atoms with Crippen LogP contribution in [-0.4, -0.2) is 38.3 Å². The Morgan fingerprint density at radius 1 is 1.08 bits per heavy atom. The molecule has 0 atom stereocenters. The molecule has 4 nitrogen and oxygen atoms in total. The molecular weight excluding hydrogens is 324 g/mol. The minimum atomic E-state index is -0.308. The van der Waals surface area contributed by atoms with E-state index in [0.717, 1.165) is 42.7 Å². The highest BCUT2D eigenvalue weighted by molar-refractivity contribution is 5.97. The first-order valence-electron chi connectivity index (χ1n) is 9.28. The van der Waals surface area contributed by atoms with Crippen molar-refractivity contribution in [2.45, 2.75) is 31.7 Å². The van der Waals surface area contributed by atoms with Gasteiger partial charge in [-0.2, -0.15) is 0 Å². The number of rotatable bonds is 6. The van der Waals surface area contributed by atoms with Crippen LogP contribution in [0.3, 0.4) is 0 Å². The third-order valence-corrected chi connectivity index (χ3v) is 5.23. The number of hydrogen-bond donors (Lipinski definition) is 1. The minimum Gasteiger partial charge on any atom is -0.382 e. The van der Waals surface area contributed by atoms with E-state index in [2.05, 4.69) is 24.4 Å². The van der Waals surface area contributed by atoms with Gasteiger partial charge in [0.1, 0.15) is 0 Å². The number of nitrogens with one attached hydrogen (secondary N) is 1. The molecule has 4 heteroatoms. The van der Waals surface area contributed by atoms with Crippen LogP contribution in [0.15, 0.2) is 54.6 Å². The number of piperidine rings is 1. The van der Waals surface area contributed by atoms with Gasteiger partial charge in [-0.15, -0.1) is 0 Å². The lowest BCUT2D eigenvalue weighted by Gasteiger charge is -2.46. The van der Waals surface area contributed by atoms with Crippen molar-refractivity contribution in [3.8, 4) is 0 Å². The minimum absolute atomic E-state index is 0.129. The summed E-state index contributed by atoms with van der Waals surface area (Å²) in [5.41, 5.74) is 2.84. The third-order valence-electron chi connectivity index (χ3n) is 5.23. The molecule has 3 rings (SSSR count). The zero-order valence-corrected chi connectivity index (χ0v) is 15.7. The Bertz CT molecular complexity index is 718. The molecule has 1 aliphatic heterocycles. The summed E-state index contributed by atoms with van der Waals surface area (Å²) in [5, 5.41) is 3.41. The van der Waals surface area contributed by atoms with Crippen molar-refractivity contribution in [1.82, 2.24) is 5.32 Å². The fourth-order valence-electron chi connectivity index (χ4n) is 3.91. The van der Waals surface area contributed by atoms with E-state index < -0.39 is 0 Å². The fourth-order valence-corrected chi connectivity index (χ4v) is 3.91. The molecule has 0 aliphatic carbocycles. The van der Waals surface area contributed by atoms with Crippen LogP contribution in [0, 0.1) is 6.92 Å². The Labute approximate surface area is 156 Å². The number of ether oxygens (including phenoxy) is 1. The molecule has 0 saturated carbocycles. The number of hydrogen-bond acceptors (Lipinski definition) is 3. The summed E-state index contributed by atoms with van der Waals surface area (Å²) in [5.74, 6) is 0.129. The van der Waals surface area contributed by atoms with Crippen molar-refractivity contribution >= 4 is 11.6 Å². The molecule has 0 radical (unpaired) electrons. The standard InChI is InChI=1S/C22H28N2O2/c1-18-8-6-7-11-20(18)24(21(25)16-19-9-4-3-5-10-19)22(17-26-2)12-14-23-15-13-22/h3-11,23H,12-17H2,1-2H3. The van der Waals surface area contributed by atoms with Gasteiger partial charge in [0, 0.05) is 12.8 Å². The zero-order chi connectivity index (χ0) is 18.4. The van der Waals surface area contributed by atoms with Crippen molar-refractivity contribution < 1.29 is 9.53 Å². The highest BCUT2D eigenvalue weighted by Gasteiger charge is 2.42. The molecule has 1 saturated heterocycles. The van der Waals surface area contributed by atoms with Crippen LogP contribution in [0.5, 0.6) is 0 Å². The number of aryl methyl sites for hydroxylation is 1. The van der Waals surface area contributed by atoms with Gasteiger partial charge in [-0.05, 0) is 50.0 Å². The molecule has 2 aromatic rings. The van der Waals surface area contributed by atoms with E-state index >= 15 is 0 Å². The lowest BCUT2D eigenvalue weighted by atomic mass is 9.85. The van der Waals surface area contributed by atoms with Crippen molar-refractivity contribution in [2.75, 3.05) is 31.7 Å². The van der Waals surface area contributed by atoms with E-state index in [1.807, 2.05) is 47.4 Å². The largest absolute Gasteiger partial charge is 0.382 e. The van der Waals surface area contributed by atoms with Crippen LogP contribution in [0.2, 0.25) is 0 Å². The van der Waals surface area contributed by atoms with Crippen LogP contribution in [0.4, 0.5) is 5.69 Å². The summed E-state index contributed by atoms with van der Waals surface area (Å²) in [7, 11) is 1.72. The second-order valence-electron chi connectivity index (χ2n) is 7.09. The van der Waals surface area contributed by atoms with E-state index in [-0.39, 0.29) is 11.4 Å². The molecule has 1 N–H and O–H groups in total. The van der Waals surface area contributed by atoms with Crippen LogP contribution in [-0.2, 0) is 16.0 Å². The topological polar surface area (TPSA) is 41.6 Å². The Morgan fingerprint density at radius 2 is 1.73 bits per heavy atom. The fraction of sp³-hybridized carbons (Fsp3) is 0.409. The molecule has 26 heavy (non-hydrogen) atoms. The first-order valence-corrected chi connectivity index (χ1v) is 9.28. The zero-order valence-electron chi connectivity index (χ0n) is 15.7. The van der Waals surface area contributed by atoms with Crippen LogP contribution >= 0.6 is 0 Å². The number of amides is 1. The molecule has 138 valence electrons. The molecular formula is C22H28N2O2. The number of nitrogens with zero attached hydrogens (tertiary/aromatic N) is 1. The van der Waals surface area contributed by atoms with Gasteiger partial charge in [0.15, 0.2) is 0 Å². The maximum Gasteiger partial charge on any atom is 0.232 e. The quantitative estimate of drug-likeness (QED) is 0.867. The molecule has 1 heterocycles. The second kappa shape index (κ2) is 8.47. The number of anilines is 1. The van der Waals surface area contributed by atoms with Gasteiger partial charge in [-0.25, -0.2) is 0 Å². The number of para-hydroxylation sites is 1. The van der Waals surface area contributed by atoms with Crippen molar-refractivity contribution in [3.05, 3.63) is 65.7 Å². The maximum absolute atomic E-state index is 13.5. The lowest BCUT2D eigenvalue weighted by Crippen LogP contribution is -2.60. The third kappa shape index (κ3) is 3.97. The highest BCUT2D eigenvalue weighted by atomic mass is 16.5. The summed E-state index contributed by atoms with van der Waals surface area (Å²) in [4.78, 5) is 15.5. The molecule has 1 fully saturated rings. The number of benzene rings is 2. The molecule has 0 spiro atoms.